The van der Waals surface area contributed by atoms with Gasteiger partial charge in [-0.1, -0.05) is 0 Å². The van der Waals surface area contributed by atoms with Crippen LogP contribution in [-0.2, 0) is 6.18 Å². The van der Waals surface area contributed by atoms with Crippen LogP contribution in [-0.4, -0.2) is 11.1 Å². The van der Waals surface area contributed by atoms with Crippen molar-refractivity contribution in [2.24, 2.45) is 0 Å². The zero-order valence-electron chi connectivity index (χ0n) is 7.51. The van der Waals surface area contributed by atoms with Crippen LogP contribution >= 0.6 is 22.6 Å². The van der Waals surface area contributed by atoms with Gasteiger partial charge in [0.25, 0.3) is 0 Å². The van der Waals surface area contributed by atoms with E-state index in [4.69, 9.17) is 4.74 Å². The van der Waals surface area contributed by atoms with Crippen LogP contribution in [0.25, 0.3) is 0 Å². The molecule has 0 spiro atoms. The number of hydrogen-bond acceptors (Lipinski definition) is 2. The average molecular weight is 329 g/mol. The predicted molar refractivity (Wildman–Crippen MR) is 55.6 cm³/mol. The van der Waals surface area contributed by atoms with Crippen molar-refractivity contribution in [2.45, 2.75) is 25.1 Å². The zero-order valence-corrected chi connectivity index (χ0v) is 9.67. The Morgan fingerprint density at radius 2 is 2.00 bits per heavy atom. The maximum absolute atomic E-state index is 12.6. The van der Waals surface area contributed by atoms with Gasteiger partial charge in [-0.2, -0.15) is 13.2 Å². The Kier molecular flexibility index (Phi) is 2.78. The van der Waals surface area contributed by atoms with E-state index in [1.54, 1.807) is 22.6 Å². The molecule has 0 atom stereocenters. The molecule has 0 radical (unpaired) electrons. The van der Waals surface area contributed by atoms with E-state index in [1.165, 1.54) is 6.20 Å². The fourth-order valence-electron chi connectivity index (χ4n) is 1.10. The molecule has 0 N–H and O–H groups in total. The lowest BCUT2D eigenvalue weighted by molar-refractivity contribution is -0.139. The summed E-state index contributed by atoms with van der Waals surface area (Å²) in [5.74, 6) is -0.0828. The maximum Gasteiger partial charge on any atom is 0.421 e. The number of pyridine rings is 1. The van der Waals surface area contributed by atoms with Crippen molar-refractivity contribution in [3.05, 3.63) is 21.5 Å². The van der Waals surface area contributed by atoms with Gasteiger partial charge in [0.15, 0.2) is 0 Å². The highest BCUT2D eigenvalue weighted by Gasteiger charge is 2.37. The molecule has 15 heavy (non-hydrogen) atoms. The van der Waals surface area contributed by atoms with E-state index in [2.05, 4.69) is 4.98 Å². The summed E-state index contributed by atoms with van der Waals surface area (Å²) < 4.78 is 43.4. The standard InChI is InChI=1S/C9H7F3INO/c10-9(11,12)6-3-14-4-7(13)8(6)15-5-1-2-5/h3-5H,1-2H2. The molecule has 0 unspecified atom stereocenters. The number of ether oxygens (including phenoxy) is 1. The Bertz CT molecular complexity index is 376. The fraction of sp³-hybridized carbons (Fsp3) is 0.444. The zero-order chi connectivity index (χ0) is 11.1. The molecule has 1 aliphatic rings. The van der Waals surface area contributed by atoms with Gasteiger partial charge in [-0.05, 0) is 35.4 Å². The van der Waals surface area contributed by atoms with Crippen molar-refractivity contribution in [3.8, 4) is 5.75 Å². The maximum atomic E-state index is 12.6. The van der Waals surface area contributed by atoms with Crippen LogP contribution in [0.15, 0.2) is 12.4 Å². The number of nitrogens with zero attached hydrogens (tertiary/aromatic N) is 1. The van der Waals surface area contributed by atoms with Gasteiger partial charge < -0.3 is 4.74 Å². The Hall–Kier alpha value is -0.530. The first-order chi connectivity index (χ1) is 6.98. The first-order valence-corrected chi connectivity index (χ1v) is 5.43. The van der Waals surface area contributed by atoms with Crippen molar-refractivity contribution in [1.29, 1.82) is 0 Å². The molecular formula is C9H7F3INO. The Balaban J connectivity index is 2.38. The van der Waals surface area contributed by atoms with Crippen molar-refractivity contribution < 1.29 is 17.9 Å². The molecule has 1 aromatic heterocycles. The third-order valence-electron chi connectivity index (χ3n) is 1.97. The van der Waals surface area contributed by atoms with E-state index in [9.17, 15) is 13.2 Å². The van der Waals surface area contributed by atoms with Gasteiger partial charge in [0.2, 0.25) is 0 Å². The Labute approximate surface area is 98.0 Å². The lowest BCUT2D eigenvalue weighted by Gasteiger charge is -2.14. The first kappa shape index (κ1) is 11.0. The van der Waals surface area contributed by atoms with Gasteiger partial charge in [0, 0.05) is 12.4 Å². The predicted octanol–water partition coefficient (Wildman–Crippen LogP) is 3.25. The Morgan fingerprint density at radius 1 is 1.33 bits per heavy atom. The monoisotopic (exact) mass is 329 g/mol. The highest BCUT2D eigenvalue weighted by Crippen LogP contribution is 2.40. The third kappa shape index (κ3) is 2.53. The molecule has 0 bridgehead atoms. The summed E-state index contributed by atoms with van der Waals surface area (Å²) in [6.07, 6.45) is -0.626. The van der Waals surface area contributed by atoms with E-state index in [1.807, 2.05) is 0 Å². The molecule has 0 saturated heterocycles. The lowest BCUT2D eigenvalue weighted by atomic mass is 10.2. The van der Waals surface area contributed by atoms with Gasteiger partial charge in [-0.3, -0.25) is 4.98 Å². The normalized spacial score (nSPS) is 16.5. The molecule has 2 rings (SSSR count). The van der Waals surface area contributed by atoms with Gasteiger partial charge in [-0.25, -0.2) is 0 Å². The molecule has 82 valence electrons. The number of alkyl halides is 3. The SMILES string of the molecule is FC(F)(F)c1cncc(I)c1OC1CC1. The quantitative estimate of drug-likeness (QED) is 0.777. The summed E-state index contributed by atoms with van der Waals surface area (Å²) in [4.78, 5) is 3.53. The number of hydrogen-bond donors (Lipinski definition) is 0. The summed E-state index contributed by atoms with van der Waals surface area (Å²) >= 11 is 1.80. The fourth-order valence-corrected chi connectivity index (χ4v) is 1.68. The van der Waals surface area contributed by atoms with E-state index in [-0.39, 0.29) is 11.9 Å². The summed E-state index contributed by atoms with van der Waals surface area (Å²) in [6, 6.07) is 0. The Morgan fingerprint density at radius 3 is 2.53 bits per heavy atom. The molecule has 0 aliphatic heterocycles. The summed E-state index contributed by atoms with van der Waals surface area (Å²) in [5.41, 5.74) is -0.790. The summed E-state index contributed by atoms with van der Waals surface area (Å²) in [5, 5.41) is 0. The lowest BCUT2D eigenvalue weighted by Crippen LogP contribution is -2.11. The number of aromatic nitrogens is 1. The van der Waals surface area contributed by atoms with Crippen LogP contribution in [0.5, 0.6) is 5.75 Å². The molecule has 0 amide bonds. The van der Waals surface area contributed by atoms with Gasteiger partial charge in [0.05, 0.1) is 9.67 Å². The van der Waals surface area contributed by atoms with Crippen LogP contribution in [0, 0.1) is 3.57 Å². The minimum Gasteiger partial charge on any atom is -0.489 e. The van der Waals surface area contributed by atoms with E-state index < -0.39 is 11.7 Å². The van der Waals surface area contributed by atoms with Crippen molar-refractivity contribution >= 4 is 22.6 Å². The van der Waals surface area contributed by atoms with Crippen molar-refractivity contribution in [3.63, 3.8) is 0 Å². The van der Waals surface area contributed by atoms with Gasteiger partial charge >= 0.3 is 6.18 Å². The molecule has 1 fully saturated rings. The van der Waals surface area contributed by atoms with Crippen LogP contribution in [0.2, 0.25) is 0 Å². The molecule has 1 saturated carbocycles. The topological polar surface area (TPSA) is 22.1 Å². The summed E-state index contributed by atoms with van der Waals surface area (Å²) in [6.45, 7) is 0. The van der Waals surface area contributed by atoms with Crippen LogP contribution in [0.1, 0.15) is 18.4 Å². The highest BCUT2D eigenvalue weighted by molar-refractivity contribution is 14.1. The molecule has 1 aromatic rings. The average Bonchev–Trinajstić information content (AvgIpc) is 2.90. The molecule has 2 nitrogen and oxygen atoms in total. The van der Waals surface area contributed by atoms with E-state index in [0.717, 1.165) is 19.0 Å². The molecule has 1 aliphatic carbocycles. The third-order valence-corrected chi connectivity index (χ3v) is 2.74. The minimum atomic E-state index is -4.40. The van der Waals surface area contributed by atoms with Gasteiger partial charge in [-0.15, -0.1) is 0 Å². The van der Waals surface area contributed by atoms with E-state index >= 15 is 0 Å². The highest BCUT2D eigenvalue weighted by atomic mass is 127. The molecule has 0 aromatic carbocycles. The molecule has 1 heterocycles. The van der Waals surface area contributed by atoms with Crippen molar-refractivity contribution in [2.75, 3.05) is 0 Å². The largest absolute Gasteiger partial charge is 0.489 e. The van der Waals surface area contributed by atoms with Gasteiger partial charge in [0.1, 0.15) is 11.3 Å². The van der Waals surface area contributed by atoms with Crippen molar-refractivity contribution in [1.82, 2.24) is 4.98 Å². The second kappa shape index (κ2) is 3.80. The van der Waals surface area contributed by atoms with Crippen LogP contribution in [0.3, 0.4) is 0 Å². The summed E-state index contributed by atoms with van der Waals surface area (Å²) in [7, 11) is 0. The minimum absolute atomic E-state index is 0.0537. The molecule has 6 heteroatoms. The van der Waals surface area contributed by atoms with E-state index in [0.29, 0.717) is 3.57 Å². The second-order valence-electron chi connectivity index (χ2n) is 3.31. The second-order valence-corrected chi connectivity index (χ2v) is 4.48. The number of halogens is 4. The van der Waals surface area contributed by atoms with Crippen LogP contribution in [0.4, 0.5) is 13.2 Å². The smallest absolute Gasteiger partial charge is 0.421 e. The number of rotatable bonds is 2. The molecular weight excluding hydrogens is 322 g/mol. The first-order valence-electron chi connectivity index (χ1n) is 4.36. The van der Waals surface area contributed by atoms with Crippen LogP contribution < -0.4 is 4.74 Å².